The van der Waals surface area contributed by atoms with Crippen LogP contribution in [0.1, 0.15) is 131 Å². The predicted molar refractivity (Wildman–Crippen MR) is 247 cm³/mol. The number of ether oxygens (including phenoxy) is 1. The van der Waals surface area contributed by atoms with E-state index in [-0.39, 0.29) is 59.2 Å². The number of carbonyl (C=O) groups excluding carboxylic acids is 5. The van der Waals surface area contributed by atoms with Gasteiger partial charge in [-0.15, -0.1) is 11.6 Å². The molecular weight excluding hydrogens is 852 g/mol. The topological polar surface area (TPSA) is 213 Å². The van der Waals surface area contributed by atoms with E-state index in [1.54, 1.807) is 18.2 Å². The van der Waals surface area contributed by atoms with Gasteiger partial charge in [-0.25, -0.2) is 15.4 Å². The number of alkyl halides is 1. The molecule has 8 atom stereocenters. The molecule has 0 bridgehead atoms. The lowest BCUT2D eigenvalue weighted by Gasteiger charge is -2.57. The Kier molecular flexibility index (Phi) is 16.5. The van der Waals surface area contributed by atoms with Crippen molar-refractivity contribution in [1.29, 1.82) is 0 Å². The Labute approximate surface area is 388 Å². The van der Waals surface area contributed by atoms with Crippen LogP contribution in [0.25, 0.3) is 0 Å². The first-order valence-corrected chi connectivity index (χ1v) is 25.1. The Bertz CT molecular complexity index is 1850. The molecule has 18 nitrogen and oxygen atoms in total. The number of carbonyl (C=O) groups is 5. The van der Waals surface area contributed by atoms with Gasteiger partial charge in [-0.3, -0.25) is 50.2 Å². The number of hydrogen-bond acceptors (Lipinski definition) is 15. The molecule has 1 aromatic rings. The van der Waals surface area contributed by atoms with Gasteiger partial charge in [0.1, 0.15) is 6.04 Å². The molecule has 2 saturated carbocycles. The highest BCUT2D eigenvalue weighted by Gasteiger charge is 2.55. The molecule has 5 amide bonds. The fourth-order valence-electron chi connectivity index (χ4n) is 12.0. The molecule has 9 N–H and O–H groups in total. The second-order valence-corrected chi connectivity index (χ2v) is 19.9. The molecule has 1 aromatic carbocycles. The molecule has 5 aliphatic heterocycles. The van der Waals surface area contributed by atoms with E-state index in [0.717, 1.165) is 56.5 Å². The number of rotatable bonds is 21. The fraction of sp³-hybridized carbons (Fsp3) is 0.761. The van der Waals surface area contributed by atoms with Gasteiger partial charge in [-0.1, -0.05) is 52.0 Å². The van der Waals surface area contributed by atoms with Gasteiger partial charge in [0.2, 0.25) is 17.7 Å². The van der Waals surface area contributed by atoms with Crippen LogP contribution in [-0.2, 0) is 19.1 Å². The van der Waals surface area contributed by atoms with E-state index >= 15 is 0 Å². The van der Waals surface area contributed by atoms with Gasteiger partial charge in [-0.05, 0) is 81.8 Å². The Hall–Kier alpha value is -3.30. The minimum Gasteiger partial charge on any atom is -0.382 e. The van der Waals surface area contributed by atoms with E-state index in [0.29, 0.717) is 69.0 Å². The smallest absolute Gasteiger partial charge is 0.264 e. The van der Waals surface area contributed by atoms with Crippen molar-refractivity contribution in [2.45, 2.75) is 158 Å². The molecule has 7 aliphatic rings. The molecule has 0 spiro atoms. The van der Waals surface area contributed by atoms with Gasteiger partial charge < -0.3 is 20.7 Å². The van der Waals surface area contributed by atoms with Crippen LogP contribution >= 0.6 is 11.6 Å². The van der Waals surface area contributed by atoms with E-state index in [4.69, 9.17) is 16.3 Å². The van der Waals surface area contributed by atoms with Gasteiger partial charge in [0, 0.05) is 68.5 Å². The molecule has 2 aliphatic carbocycles. The van der Waals surface area contributed by atoms with E-state index in [1.807, 2.05) is 0 Å². The summed E-state index contributed by atoms with van der Waals surface area (Å²) in [6.07, 6.45) is 15.5. The Morgan fingerprint density at radius 1 is 0.985 bits per heavy atom. The minimum absolute atomic E-state index is 0.0303. The molecule has 6 fully saturated rings. The second-order valence-electron chi connectivity index (χ2n) is 19.3. The van der Waals surface area contributed by atoms with E-state index in [2.05, 4.69) is 72.2 Å². The third-order valence-electron chi connectivity index (χ3n) is 15.3. The molecule has 6 unspecified atom stereocenters. The zero-order chi connectivity index (χ0) is 45.5. The van der Waals surface area contributed by atoms with Crippen LogP contribution in [0, 0.1) is 11.8 Å². The monoisotopic (exact) mass is 925 g/mol. The summed E-state index contributed by atoms with van der Waals surface area (Å²) in [7, 11) is 0. The number of halogens is 1. The quantitative estimate of drug-likeness (QED) is 0.0491. The number of piperidine rings is 1. The summed E-state index contributed by atoms with van der Waals surface area (Å²) in [6, 6.07) is 4.94. The van der Waals surface area contributed by atoms with Crippen LogP contribution in [0.2, 0.25) is 0 Å². The maximum absolute atomic E-state index is 13.3. The van der Waals surface area contributed by atoms with Gasteiger partial charge in [0.25, 0.3) is 11.8 Å². The lowest BCUT2D eigenvalue weighted by Crippen LogP contribution is -2.74. The summed E-state index contributed by atoms with van der Waals surface area (Å²) in [5.74, 6) is -0.782. The molecule has 65 heavy (non-hydrogen) atoms. The highest BCUT2D eigenvalue weighted by Crippen LogP contribution is 2.46. The lowest BCUT2D eigenvalue weighted by molar-refractivity contribution is -0.136. The normalized spacial score (nSPS) is 31.2. The van der Waals surface area contributed by atoms with Crippen LogP contribution in [0.3, 0.4) is 0 Å². The predicted octanol–water partition coefficient (Wildman–Crippen LogP) is 2.03. The van der Waals surface area contributed by atoms with Crippen LogP contribution < -0.4 is 48.3 Å². The number of nitrogens with one attached hydrogen (secondary N) is 9. The summed E-state index contributed by atoms with van der Waals surface area (Å²) in [4.78, 5) is 64.3. The third kappa shape index (κ3) is 11.0. The summed E-state index contributed by atoms with van der Waals surface area (Å²) < 4.78 is 5.86. The Morgan fingerprint density at radius 3 is 2.60 bits per heavy atom. The zero-order valence-corrected chi connectivity index (χ0v) is 39.1. The summed E-state index contributed by atoms with van der Waals surface area (Å²) in [6.45, 7) is 9.22. The minimum atomic E-state index is -1.01. The molecule has 4 saturated heterocycles. The number of nitrogens with zero attached hydrogens (tertiary/aromatic N) is 3. The Balaban J connectivity index is 0.684. The van der Waals surface area contributed by atoms with Crippen molar-refractivity contribution in [2.75, 3.05) is 57.8 Å². The molecule has 8 rings (SSSR count). The summed E-state index contributed by atoms with van der Waals surface area (Å²) in [5, 5.41) is 24.9. The highest BCUT2D eigenvalue weighted by atomic mass is 35.5. The number of hydrazine groups is 3. The first-order valence-electron chi connectivity index (χ1n) is 24.7. The van der Waals surface area contributed by atoms with Crippen LogP contribution in [0.5, 0.6) is 0 Å². The number of imide groups is 2. The first kappa shape index (κ1) is 48.2. The van der Waals surface area contributed by atoms with E-state index < -0.39 is 29.7 Å². The van der Waals surface area contributed by atoms with Crippen LogP contribution in [-0.4, -0.2) is 144 Å². The molecular formula is C46H73ClN12O6. The molecule has 5 heterocycles. The maximum atomic E-state index is 13.3. The SMILES string of the molecule is CCC(CC)C1(C2CCCCC2)CC(N[C@H]2CC[C@H](NCC(=O)NCCCC3CN(CCOCCNc4cccc5c4C(=O)N(C4CCC(=O)NC4=O)C5=O)NN3)C2)N2NCC(Cl)C2N1. The van der Waals surface area contributed by atoms with Crippen LogP contribution in [0.15, 0.2) is 18.2 Å². The molecule has 360 valence electrons. The van der Waals surface area contributed by atoms with Crippen LogP contribution in [0.4, 0.5) is 5.69 Å². The van der Waals surface area contributed by atoms with E-state index in [9.17, 15) is 24.0 Å². The average molecular weight is 926 g/mol. The number of hydrogen-bond donors (Lipinski definition) is 9. The summed E-state index contributed by atoms with van der Waals surface area (Å²) >= 11 is 7.00. The standard InChI is InChI=1S/C46H73ClN12O6/c1-3-29(4-2)46(30-10-6-5-7-11-30)25-38(59-42(54-46)35(47)26-51-59)52-32-16-15-31(24-32)50-27-40(61)49-19-9-12-33-28-57(56-55-33)21-23-65-22-20-48-36-14-8-13-34-41(36)45(64)58(44(34)63)37-17-18-39(60)53-43(37)62/h8,13-14,29-33,35,37-38,42,48,50-52,54-56H,3-7,9-12,15-28H2,1-2H3,(H,49,61)(H,53,60,62)/t31-,32-,33?,35?,37?,38?,42?,46?/m0/s1. The zero-order valence-electron chi connectivity index (χ0n) is 38.4. The van der Waals surface area contributed by atoms with Crippen molar-refractivity contribution < 1.29 is 28.7 Å². The molecule has 0 radical (unpaired) electrons. The summed E-state index contributed by atoms with van der Waals surface area (Å²) in [5.41, 5.74) is 11.2. The average Bonchev–Trinajstić information content (AvgIpc) is 4.11. The van der Waals surface area contributed by atoms with Gasteiger partial charge in [-0.2, -0.15) is 5.53 Å². The lowest BCUT2D eigenvalue weighted by atomic mass is 9.63. The van der Waals surface area contributed by atoms with Crippen molar-refractivity contribution in [2.24, 2.45) is 11.8 Å². The van der Waals surface area contributed by atoms with Crippen molar-refractivity contribution in [1.82, 2.24) is 57.9 Å². The largest absolute Gasteiger partial charge is 0.382 e. The Morgan fingerprint density at radius 2 is 1.80 bits per heavy atom. The number of anilines is 1. The highest BCUT2D eigenvalue weighted by molar-refractivity contribution is 6.25. The fourth-order valence-corrected chi connectivity index (χ4v) is 12.2. The molecule has 19 heteroatoms. The molecule has 0 aromatic heterocycles. The number of benzene rings is 1. The van der Waals surface area contributed by atoms with Gasteiger partial charge in [0.05, 0.1) is 48.6 Å². The number of fused-ring (bicyclic) bond motifs is 2. The van der Waals surface area contributed by atoms with Gasteiger partial charge in [0.15, 0.2) is 0 Å². The van der Waals surface area contributed by atoms with Crippen molar-refractivity contribution >= 4 is 46.8 Å². The first-order chi connectivity index (χ1) is 31.6. The third-order valence-corrected chi connectivity index (χ3v) is 15.7. The second kappa shape index (κ2) is 22.2. The van der Waals surface area contributed by atoms with Gasteiger partial charge >= 0.3 is 0 Å². The van der Waals surface area contributed by atoms with Crippen molar-refractivity contribution in [3.63, 3.8) is 0 Å². The van der Waals surface area contributed by atoms with E-state index in [1.165, 1.54) is 44.9 Å². The number of amides is 5. The maximum Gasteiger partial charge on any atom is 0.264 e. The van der Waals surface area contributed by atoms with Crippen molar-refractivity contribution in [3.8, 4) is 0 Å². The van der Waals surface area contributed by atoms with Crippen molar-refractivity contribution in [3.05, 3.63) is 29.3 Å².